The molecule has 0 heterocycles. The Labute approximate surface area is 224 Å². The minimum atomic E-state index is -1.24. The van der Waals surface area contributed by atoms with Gasteiger partial charge in [-0.2, -0.15) is 0 Å². The molecule has 0 saturated carbocycles. The smallest absolute Gasteiger partial charge is 0.311 e. The van der Waals surface area contributed by atoms with Gasteiger partial charge in [0.05, 0.1) is 15.3 Å². The molecule has 39 heavy (non-hydrogen) atoms. The zero-order chi connectivity index (χ0) is 27.9. The Morgan fingerprint density at radius 3 is 1.44 bits per heavy atom. The van der Waals surface area contributed by atoms with Crippen LogP contribution in [-0.4, -0.2) is 20.1 Å². The van der Waals surface area contributed by atoms with E-state index in [1.165, 1.54) is 12.1 Å². The highest BCUT2D eigenvalue weighted by molar-refractivity contribution is 5.87. The van der Waals surface area contributed by atoms with E-state index < -0.39 is 38.1 Å². The van der Waals surface area contributed by atoms with Gasteiger partial charge in [-0.1, -0.05) is 60.7 Å². The first-order valence-corrected chi connectivity index (χ1v) is 12.2. The summed E-state index contributed by atoms with van der Waals surface area (Å²) < 4.78 is 0. The Balaban J connectivity index is 2.02. The third-order valence-corrected chi connectivity index (χ3v) is 7.28. The van der Waals surface area contributed by atoms with E-state index in [9.17, 15) is 30.4 Å². The van der Waals surface area contributed by atoms with Gasteiger partial charge in [-0.15, -0.1) is 13.2 Å². The van der Waals surface area contributed by atoms with Crippen LogP contribution in [0.15, 0.2) is 98.1 Å². The molecule has 0 amide bonds. The minimum absolute atomic E-state index is 0.164. The van der Waals surface area contributed by atoms with Crippen molar-refractivity contribution in [3.05, 3.63) is 152 Å². The second-order valence-corrected chi connectivity index (χ2v) is 9.35. The van der Waals surface area contributed by atoms with E-state index in [-0.39, 0.29) is 12.8 Å². The Hall–Kier alpha value is -5.24. The van der Waals surface area contributed by atoms with E-state index >= 15 is 0 Å². The fourth-order valence-corrected chi connectivity index (χ4v) is 5.71. The molecule has 0 saturated heterocycles. The van der Waals surface area contributed by atoms with Crippen LogP contribution < -0.4 is 0 Å². The molecule has 2 N–H and O–H groups in total. The first kappa shape index (κ1) is 25.4. The zero-order valence-corrected chi connectivity index (χ0v) is 20.8. The topological polar surface area (TPSA) is 127 Å². The van der Waals surface area contributed by atoms with E-state index in [1.807, 2.05) is 48.5 Å². The van der Waals surface area contributed by atoms with Gasteiger partial charge in [-0.25, -0.2) is 0 Å². The van der Waals surface area contributed by atoms with Crippen LogP contribution in [0.3, 0.4) is 0 Å². The standard InChI is InChI=1S/C31H24N2O6/c1-3-9-19-15-21(17-27(29(19)34)32(36)37)31(22-16-20(10-4-2)30(35)28(18-22)33(38)39)25-13-7-5-11-23(25)24-12-6-8-14-26(24)31/h3-8,11-18,34-35H,1-2,9-10H2. The van der Waals surface area contributed by atoms with E-state index in [1.54, 1.807) is 24.3 Å². The summed E-state index contributed by atoms with van der Waals surface area (Å²) in [7, 11) is 0. The maximum Gasteiger partial charge on any atom is 0.311 e. The SMILES string of the molecule is C=CCc1cc(C2(c3cc(CC=C)c(O)c([N+](=O)[O-])c3)c3ccccc3-c3ccccc32)cc([N+](=O)[O-])c1O. The van der Waals surface area contributed by atoms with Gasteiger partial charge in [0, 0.05) is 23.3 Å². The predicted molar refractivity (Wildman–Crippen MR) is 148 cm³/mol. The van der Waals surface area contributed by atoms with Gasteiger partial charge in [0.2, 0.25) is 0 Å². The van der Waals surface area contributed by atoms with Crippen LogP contribution >= 0.6 is 0 Å². The number of nitro groups is 2. The van der Waals surface area contributed by atoms with Gasteiger partial charge in [0.1, 0.15) is 0 Å². The first-order chi connectivity index (χ1) is 18.7. The fraction of sp³-hybridized carbons (Fsp3) is 0.0968. The first-order valence-electron chi connectivity index (χ1n) is 12.2. The van der Waals surface area contributed by atoms with Crippen molar-refractivity contribution in [3.63, 3.8) is 0 Å². The molecule has 8 nitrogen and oxygen atoms in total. The van der Waals surface area contributed by atoms with Crippen molar-refractivity contribution in [1.82, 2.24) is 0 Å². The maximum absolute atomic E-state index is 12.1. The predicted octanol–water partition coefficient (Wildman–Crippen LogP) is 6.73. The number of benzene rings is 4. The molecule has 0 spiro atoms. The lowest BCUT2D eigenvalue weighted by Gasteiger charge is -2.34. The summed E-state index contributed by atoms with van der Waals surface area (Å²) in [5.41, 5.74) is 2.57. The van der Waals surface area contributed by atoms with Gasteiger partial charge < -0.3 is 10.2 Å². The second-order valence-electron chi connectivity index (χ2n) is 9.35. The molecule has 194 valence electrons. The minimum Gasteiger partial charge on any atom is -0.502 e. The molecule has 0 radical (unpaired) electrons. The van der Waals surface area contributed by atoms with Crippen molar-refractivity contribution in [2.24, 2.45) is 0 Å². The van der Waals surface area contributed by atoms with Crippen LogP contribution in [0.2, 0.25) is 0 Å². The summed E-state index contributed by atoms with van der Waals surface area (Å²) >= 11 is 0. The number of phenolic OH excluding ortho intramolecular Hbond substituents is 2. The third-order valence-electron chi connectivity index (χ3n) is 7.28. The highest BCUT2D eigenvalue weighted by Gasteiger charge is 2.48. The average molecular weight is 521 g/mol. The van der Waals surface area contributed by atoms with Crippen LogP contribution in [0, 0.1) is 20.2 Å². The lowest BCUT2D eigenvalue weighted by atomic mass is 9.66. The summed E-state index contributed by atoms with van der Waals surface area (Å²) in [5.74, 6) is -0.912. The van der Waals surface area contributed by atoms with Crippen molar-refractivity contribution in [1.29, 1.82) is 0 Å². The average Bonchev–Trinajstić information content (AvgIpc) is 3.22. The zero-order valence-electron chi connectivity index (χ0n) is 20.8. The van der Waals surface area contributed by atoms with Gasteiger partial charge in [0.15, 0.2) is 11.5 Å². The van der Waals surface area contributed by atoms with E-state index in [4.69, 9.17) is 0 Å². The Morgan fingerprint density at radius 2 is 1.08 bits per heavy atom. The van der Waals surface area contributed by atoms with Gasteiger partial charge in [0.25, 0.3) is 0 Å². The third kappa shape index (κ3) is 3.76. The number of nitro benzene ring substituents is 2. The van der Waals surface area contributed by atoms with Crippen molar-refractivity contribution in [2.75, 3.05) is 0 Å². The van der Waals surface area contributed by atoms with E-state index in [2.05, 4.69) is 13.2 Å². The summed E-state index contributed by atoms with van der Waals surface area (Å²) in [6, 6.07) is 21.2. The number of hydrogen-bond donors (Lipinski definition) is 2. The summed E-state index contributed by atoms with van der Waals surface area (Å²) in [6.07, 6.45) is 3.41. The number of hydrogen-bond acceptors (Lipinski definition) is 6. The van der Waals surface area contributed by atoms with Crippen LogP contribution in [0.5, 0.6) is 11.5 Å². The van der Waals surface area contributed by atoms with Crippen molar-refractivity contribution in [3.8, 4) is 22.6 Å². The Morgan fingerprint density at radius 1 is 0.692 bits per heavy atom. The molecule has 0 fully saturated rings. The van der Waals surface area contributed by atoms with Crippen LogP contribution in [-0.2, 0) is 18.3 Å². The Kier molecular flexibility index (Phi) is 6.24. The molecule has 0 bridgehead atoms. The number of allylic oxidation sites excluding steroid dienone is 2. The molecule has 0 aromatic heterocycles. The van der Waals surface area contributed by atoms with Crippen molar-refractivity contribution in [2.45, 2.75) is 18.3 Å². The monoisotopic (exact) mass is 520 g/mol. The molecule has 5 rings (SSSR count). The van der Waals surface area contributed by atoms with E-state index in [0.29, 0.717) is 22.3 Å². The van der Waals surface area contributed by atoms with Gasteiger partial charge in [-0.3, -0.25) is 20.2 Å². The summed E-state index contributed by atoms with van der Waals surface area (Å²) in [5, 5.41) is 45.7. The van der Waals surface area contributed by atoms with Crippen LogP contribution in [0.25, 0.3) is 11.1 Å². The molecular formula is C31H24N2O6. The lowest BCUT2D eigenvalue weighted by Crippen LogP contribution is -2.29. The molecule has 8 heteroatoms. The maximum atomic E-state index is 12.1. The summed E-state index contributed by atoms with van der Waals surface area (Å²) in [6.45, 7) is 7.45. The van der Waals surface area contributed by atoms with Crippen molar-refractivity contribution < 1.29 is 20.1 Å². The number of phenols is 2. The molecule has 0 aliphatic heterocycles. The van der Waals surface area contributed by atoms with Crippen LogP contribution in [0.1, 0.15) is 33.4 Å². The Bertz CT molecular complexity index is 1570. The number of fused-ring (bicyclic) bond motifs is 3. The largest absolute Gasteiger partial charge is 0.502 e. The second kappa shape index (κ2) is 9.57. The van der Waals surface area contributed by atoms with Gasteiger partial charge >= 0.3 is 11.4 Å². The number of nitrogens with zero attached hydrogens (tertiary/aromatic N) is 2. The highest BCUT2D eigenvalue weighted by Crippen LogP contribution is 2.58. The highest BCUT2D eigenvalue weighted by atomic mass is 16.6. The normalized spacial score (nSPS) is 12.8. The quantitative estimate of drug-likeness (QED) is 0.133. The molecule has 0 unspecified atom stereocenters. The molecule has 0 atom stereocenters. The number of aromatic hydroxyl groups is 2. The summed E-state index contributed by atoms with van der Waals surface area (Å²) in [4.78, 5) is 22.9. The molecule has 1 aliphatic rings. The molecule has 4 aromatic rings. The van der Waals surface area contributed by atoms with E-state index in [0.717, 1.165) is 22.3 Å². The van der Waals surface area contributed by atoms with Gasteiger partial charge in [-0.05, 0) is 58.4 Å². The molecule has 1 aliphatic carbocycles. The lowest BCUT2D eigenvalue weighted by molar-refractivity contribution is -0.386. The van der Waals surface area contributed by atoms with Crippen LogP contribution in [0.4, 0.5) is 11.4 Å². The fourth-order valence-electron chi connectivity index (χ4n) is 5.71. The van der Waals surface area contributed by atoms with Crippen molar-refractivity contribution >= 4 is 11.4 Å². The molecule has 4 aromatic carbocycles. The molecular weight excluding hydrogens is 496 g/mol. The number of rotatable bonds is 8.